The van der Waals surface area contributed by atoms with Crippen LogP contribution in [0.25, 0.3) is 0 Å². The van der Waals surface area contributed by atoms with Crippen LogP contribution in [0.1, 0.15) is 42.5 Å². The third-order valence-electron chi connectivity index (χ3n) is 2.68. The number of ketones is 1. The van der Waals surface area contributed by atoms with E-state index in [1.54, 1.807) is 13.2 Å². The zero-order chi connectivity index (χ0) is 12.5. The normalized spacial score (nSPS) is 10.2. The Bertz CT molecular complexity index is 350. The van der Waals surface area contributed by atoms with Gasteiger partial charge in [0, 0.05) is 17.9 Å². The van der Waals surface area contributed by atoms with Crippen LogP contribution < -0.4 is 4.74 Å². The van der Waals surface area contributed by atoms with Crippen molar-refractivity contribution in [3.63, 3.8) is 0 Å². The van der Waals surface area contributed by atoms with Crippen molar-refractivity contribution in [2.45, 2.75) is 32.1 Å². The molecule has 1 rings (SSSR count). The van der Waals surface area contributed by atoms with Crippen molar-refractivity contribution in [2.24, 2.45) is 0 Å². The van der Waals surface area contributed by atoms with Crippen LogP contribution in [0.3, 0.4) is 0 Å². The first kappa shape index (κ1) is 14.0. The summed E-state index contributed by atoms with van der Waals surface area (Å²) in [5.74, 6) is 1.64. The maximum Gasteiger partial charge on any atom is 0.163 e. The van der Waals surface area contributed by atoms with Crippen LogP contribution in [0.2, 0.25) is 0 Å². The molecule has 0 amide bonds. The topological polar surface area (TPSA) is 26.3 Å². The predicted molar refractivity (Wildman–Crippen MR) is 71.1 cm³/mol. The molecule has 0 atom stereocenters. The van der Waals surface area contributed by atoms with E-state index in [-0.39, 0.29) is 5.78 Å². The van der Waals surface area contributed by atoms with Gasteiger partial charge in [-0.2, -0.15) is 0 Å². The highest BCUT2D eigenvalue weighted by Crippen LogP contribution is 2.15. The molecule has 0 N–H and O–H groups in total. The molecule has 0 fully saturated rings. The third-order valence-corrected chi connectivity index (χ3v) is 2.95. The SMILES string of the molecule is COc1cccc(C(=O)CCCCCCCl)c1. The number of halogens is 1. The van der Waals surface area contributed by atoms with Gasteiger partial charge in [0.15, 0.2) is 5.78 Å². The van der Waals surface area contributed by atoms with Gasteiger partial charge in [0.1, 0.15) is 5.75 Å². The number of methoxy groups -OCH3 is 1. The van der Waals surface area contributed by atoms with Crippen LogP contribution in [-0.4, -0.2) is 18.8 Å². The van der Waals surface area contributed by atoms with Gasteiger partial charge in [-0.15, -0.1) is 11.6 Å². The summed E-state index contributed by atoms with van der Waals surface area (Å²) in [5.41, 5.74) is 0.738. The van der Waals surface area contributed by atoms with E-state index in [1.165, 1.54) is 0 Å². The maximum absolute atomic E-state index is 11.9. The first-order chi connectivity index (χ1) is 8.27. The summed E-state index contributed by atoms with van der Waals surface area (Å²) < 4.78 is 5.10. The second-order valence-electron chi connectivity index (χ2n) is 4.01. The van der Waals surface area contributed by atoms with E-state index in [4.69, 9.17) is 16.3 Å². The zero-order valence-corrected chi connectivity index (χ0v) is 11.0. The number of hydrogen-bond donors (Lipinski definition) is 0. The number of Topliss-reactive ketones (excluding diaryl/α,β-unsaturated/α-hetero) is 1. The number of unbranched alkanes of at least 4 members (excludes halogenated alkanes) is 3. The standard InChI is InChI=1S/C14H19ClO2/c1-17-13-8-6-7-12(11-13)14(16)9-4-2-3-5-10-15/h6-8,11H,2-5,9-10H2,1H3. The number of benzene rings is 1. The molecule has 0 saturated carbocycles. The van der Waals surface area contributed by atoms with Crippen molar-refractivity contribution < 1.29 is 9.53 Å². The van der Waals surface area contributed by atoms with Crippen LogP contribution in [0, 0.1) is 0 Å². The smallest absolute Gasteiger partial charge is 0.163 e. The summed E-state index contributed by atoms with van der Waals surface area (Å²) >= 11 is 5.59. The van der Waals surface area contributed by atoms with E-state index >= 15 is 0 Å². The Morgan fingerprint density at radius 3 is 2.71 bits per heavy atom. The fourth-order valence-electron chi connectivity index (χ4n) is 1.67. The summed E-state index contributed by atoms with van der Waals surface area (Å²) in [6, 6.07) is 7.32. The van der Waals surface area contributed by atoms with Gasteiger partial charge < -0.3 is 4.74 Å². The molecule has 0 bridgehead atoms. The Morgan fingerprint density at radius 1 is 1.24 bits per heavy atom. The average Bonchev–Trinajstić information content (AvgIpc) is 2.38. The summed E-state index contributed by atoms with van der Waals surface area (Å²) in [7, 11) is 1.61. The summed E-state index contributed by atoms with van der Waals surface area (Å²) in [6.45, 7) is 0. The Balaban J connectivity index is 2.36. The van der Waals surface area contributed by atoms with Gasteiger partial charge in [-0.05, 0) is 25.0 Å². The molecule has 0 saturated heterocycles. The van der Waals surface area contributed by atoms with E-state index in [0.29, 0.717) is 12.3 Å². The van der Waals surface area contributed by atoms with Crippen molar-refractivity contribution in [1.29, 1.82) is 0 Å². The Kier molecular flexibility index (Phi) is 6.71. The molecule has 3 heteroatoms. The highest BCUT2D eigenvalue weighted by molar-refractivity contribution is 6.17. The molecule has 1 aromatic carbocycles. The van der Waals surface area contributed by atoms with Gasteiger partial charge in [0.05, 0.1) is 7.11 Å². The number of carbonyl (C=O) groups excluding carboxylic acids is 1. The molecule has 0 aromatic heterocycles. The number of carbonyl (C=O) groups is 1. The first-order valence-corrected chi connectivity index (χ1v) is 6.54. The van der Waals surface area contributed by atoms with Crippen LogP contribution in [0.15, 0.2) is 24.3 Å². The lowest BCUT2D eigenvalue weighted by Crippen LogP contribution is -1.99. The minimum absolute atomic E-state index is 0.190. The third kappa shape index (κ3) is 5.22. The second kappa shape index (κ2) is 8.13. The van der Waals surface area contributed by atoms with Crippen LogP contribution in [0.5, 0.6) is 5.75 Å². The van der Waals surface area contributed by atoms with E-state index in [2.05, 4.69) is 0 Å². The number of alkyl halides is 1. The van der Waals surface area contributed by atoms with Crippen LogP contribution in [0.4, 0.5) is 0 Å². The predicted octanol–water partition coefficient (Wildman–Crippen LogP) is 4.07. The highest BCUT2D eigenvalue weighted by atomic mass is 35.5. The zero-order valence-electron chi connectivity index (χ0n) is 10.2. The molecule has 2 nitrogen and oxygen atoms in total. The molecule has 0 unspecified atom stereocenters. The van der Waals surface area contributed by atoms with Crippen LogP contribution in [-0.2, 0) is 0 Å². The molecule has 1 aromatic rings. The monoisotopic (exact) mass is 254 g/mol. The van der Waals surface area contributed by atoms with Crippen molar-refractivity contribution in [3.05, 3.63) is 29.8 Å². The van der Waals surface area contributed by atoms with Gasteiger partial charge in [-0.3, -0.25) is 4.79 Å². The van der Waals surface area contributed by atoms with Gasteiger partial charge in [0.2, 0.25) is 0 Å². The summed E-state index contributed by atoms with van der Waals surface area (Å²) in [6.07, 6.45) is 4.76. The lowest BCUT2D eigenvalue weighted by Gasteiger charge is -2.03. The van der Waals surface area contributed by atoms with E-state index in [0.717, 1.165) is 37.0 Å². The number of hydrogen-bond acceptors (Lipinski definition) is 2. The fraction of sp³-hybridized carbons (Fsp3) is 0.500. The van der Waals surface area contributed by atoms with E-state index in [9.17, 15) is 4.79 Å². The Morgan fingerprint density at radius 2 is 2.00 bits per heavy atom. The Labute approximate surface area is 108 Å². The van der Waals surface area contributed by atoms with Crippen molar-refractivity contribution in [1.82, 2.24) is 0 Å². The van der Waals surface area contributed by atoms with Crippen LogP contribution >= 0.6 is 11.6 Å². The lowest BCUT2D eigenvalue weighted by molar-refractivity contribution is 0.0979. The first-order valence-electron chi connectivity index (χ1n) is 6.01. The minimum atomic E-state index is 0.190. The van der Waals surface area contributed by atoms with E-state index in [1.807, 2.05) is 18.2 Å². The fourth-order valence-corrected chi connectivity index (χ4v) is 1.86. The van der Waals surface area contributed by atoms with Crippen molar-refractivity contribution in [3.8, 4) is 5.75 Å². The average molecular weight is 255 g/mol. The van der Waals surface area contributed by atoms with Crippen molar-refractivity contribution >= 4 is 17.4 Å². The quantitative estimate of drug-likeness (QED) is 0.397. The molecule has 94 valence electrons. The minimum Gasteiger partial charge on any atom is -0.497 e. The molecule has 0 aliphatic heterocycles. The summed E-state index contributed by atoms with van der Waals surface area (Å²) in [5, 5.41) is 0. The molecule has 0 radical (unpaired) electrons. The summed E-state index contributed by atoms with van der Waals surface area (Å²) in [4.78, 5) is 11.9. The van der Waals surface area contributed by atoms with Gasteiger partial charge in [-0.25, -0.2) is 0 Å². The van der Waals surface area contributed by atoms with Crippen molar-refractivity contribution in [2.75, 3.05) is 13.0 Å². The highest BCUT2D eigenvalue weighted by Gasteiger charge is 2.06. The van der Waals surface area contributed by atoms with Gasteiger partial charge in [-0.1, -0.05) is 25.0 Å². The molecular weight excluding hydrogens is 236 g/mol. The number of ether oxygens (including phenoxy) is 1. The van der Waals surface area contributed by atoms with E-state index < -0.39 is 0 Å². The number of rotatable bonds is 8. The second-order valence-corrected chi connectivity index (χ2v) is 4.39. The molecule has 0 aliphatic rings. The Hall–Kier alpha value is -1.02. The maximum atomic E-state index is 11.9. The molecule has 0 aliphatic carbocycles. The molecular formula is C14H19ClO2. The van der Waals surface area contributed by atoms with Gasteiger partial charge in [0.25, 0.3) is 0 Å². The van der Waals surface area contributed by atoms with Gasteiger partial charge >= 0.3 is 0 Å². The molecule has 17 heavy (non-hydrogen) atoms. The molecule has 0 heterocycles. The lowest BCUT2D eigenvalue weighted by atomic mass is 10.0. The molecule has 0 spiro atoms. The largest absolute Gasteiger partial charge is 0.497 e.